The fourth-order valence-electron chi connectivity index (χ4n) is 3.79. The third-order valence-corrected chi connectivity index (χ3v) is 5.25. The molecule has 0 unspecified atom stereocenters. The molecule has 0 saturated heterocycles. The molecule has 4 heteroatoms. The summed E-state index contributed by atoms with van der Waals surface area (Å²) in [5.74, 6) is 0.808. The van der Waals surface area contributed by atoms with Crippen LogP contribution >= 0.6 is 0 Å². The second-order valence-electron chi connectivity index (χ2n) is 7.17. The number of methoxy groups -OCH3 is 1. The molecular weight excluding hydrogens is 362 g/mol. The van der Waals surface area contributed by atoms with E-state index in [0.717, 1.165) is 34.2 Å². The van der Waals surface area contributed by atoms with Crippen LogP contribution in [-0.4, -0.2) is 23.7 Å². The first-order valence-electron chi connectivity index (χ1n) is 9.79. The number of hydrogen-bond donors (Lipinski definition) is 1. The minimum atomic E-state index is -0.0405. The molecule has 0 radical (unpaired) electrons. The summed E-state index contributed by atoms with van der Waals surface area (Å²) in [4.78, 5) is 17.3. The van der Waals surface area contributed by atoms with Crippen molar-refractivity contribution >= 4 is 28.0 Å². The summed E-state index contributed by atoms with van der Waals surface area (Å²) in [6.07, 6.45) is 2.17. The summed E-state index contributed by atoms with van der Waals surface area (Å²) in [5.41, 5.74) is 2.77. The standard InChI is InChI=1S/C25H23NO3/c1-29-20-14-12-19(13-15-20)26-22-10-5-11-23(27)25(22)24(28)16-18-8-4-7-17-6-2-3-9-21(17)18/h2-4,6-9,12-15,28H,5,10-11,16H2,1H3. The van der Waals surface area contributed by atoms with Crippen LogP contribution in [-0.2, 0) is 11.2 Å². The second-order valence-corrected chi connectivity index (χ2v) is 7.17. The summed E-state index contributed by atoms with van der Waals surface area (Å²) >= 11 is 0. The number of fused-ring (bicyclic) bond motifs is 1. The molecule has 1 aliphatic rings. The maximum atomic E-state index is 12.7. The van der Waals surface area contributed by atoms with Gasteiger partial charge in [0.2, 0.25) is 0 Å². The number of rotatable bonds is 4. The Morgan fingerprint density at radius 3 is 2.55 bits per heavy atom. The van der Waals surface area contributed by atoms with Crippen molar-refractivity contribution in [1.82, 2.24) is 0 Å². The van der Waals surface area contributed by atoms with Crippen molar-refractivity contribution < 1.29 is 14.6 Å². The van der Waals surface area contributed by atoms with Crippen molar-refractivity contribution in [3.8, 4) is 5.75 Å². The van der Waals surface area contributed by atoms with Crippen molar-refractivity contribution in [1.29, 1.82) is 0 Å². The Kier molecular flexibility index (Phi) is 5.43. The molecule has 1 saturated carbocycles. The number of aliphatic hydroxyl groups excluding tert-OH is 1. The maximum absolute atomic E-state index is 12.7. The van der Waals surface area contributed by atoms with Crippen LogP contribution in [0.25, 0.3) is 10.8 Å². The smallest absolute Gasteiger partial charge is 0.168 e. The predicted octanol–water partition coefficient (Wildman–Crippen LogP) is 5.73. The van der Waals surface area contributed by atoms with E-state index in [1.807, 2.05) is 66.7 Å². The van der Waals surface area contributed by atoms with Crippen molar-refractivity contribution in [2.24, 2.45) is 4.99 Å². The molecule has 0 spiro atoms. The monoisotopic (exact) mass is 385 g/mol. The topological polar surface area (TPSA) is 58.9 Å². The molecule has 4 nitrogen and oxygen atoms in total. The fourth-order valence-corrected chi connectivity index (χ4v) is 3.79. The number of nitrogens with zero attached hydrogens (tertiary/aromatic N) is 1. The summed E-state index contributed by atoms with van der Waals surface area (Å²) in [5, 5.41) is 13.1. The minimum Gasteiger partial charge on any atom is -0.511 e. The Balaban J connectivity index is 1.72. The van der Waals surface area contributed by atoms with Crippen LogP contribution in [0.2, 0.25) is 0 Å². The number of carbonyl (C=O) groups is 1. The molecule has 0 heterocycles. The minimum absolute atomic E-state index is 0.0405. The molecule has 0 aromatic heterocycles. The van der Waals surface area contributed by atoms with E-state index in [1.54, 1.807) is 7.11 Å². The molecule has 3 aromatic rings. The number of allylic oxidation sites excluding steroid dienone is 2. The molecule has 1 N–H and O–H groups in total. The number of hydrogen-bond acceptors (Lipinski definition) is 4. The molecule has 146 valence electrons. The lowest BCUT2D eigenvalue weighted by atomic mass is 9.88. The third-order valence-electron chi connectivity index (χ3n) is 5.25. The lowest BCUT2D eigenvalue weighted by Gasteiger charge is -2.18. The molecule has 1 aliphatic carbocycles. The van der Waals surface area contributed by atoms with E-state index in [0.29, 0.717) is 30.5 Å². The SMILES string of the molecule is COc1ccc(N=C2CCCC(=O)C2=C(O)Cc2cccc3ccccc23)cc1. The van der Waals surface area contributed by atoms with Gasteiger partial charge in [0.1, 0.15) is 11.5 Å². The zero-order valence-corrected chi connectivity index (χ0v) is 16.4. The van der Waals surface area contributed by atoms with Crippen LogP contribution in [0.5, 0.6) is 5.75 Å². The Bertz CT molecular complexity index is 1110. The number of aliphatic hydroxyl groups is 1. The van der Waals surface area contributed by atoms with E-state index in [1.165, 1.54) is 0 Å². The molecule has 0 amide bonds. The zero-order chi connectivity index (χ0) is 20.2. The molecule has 1 fully saturated rings. The van der Waals surface area contributed by atoms with Crippen LogP contribution in [0.4, 0.5) is 5.69 Å². The van der Waals surface area contributed by atoms with Gasteiger partial charge in [-0.25, -0.2) is 0 Å². The van der Waals surface area contributed by atoms with Gasteiger partial charge in [-0.3, -0.25) is 9.79 Å². The molecule has 0 aliphatic heterocycles. The van der Waals surface area contributed by atoms with Crippen LogP contribution in [0.3, 0.4) is 0 Å². The van der Waals surface area contributed by atoms with Crippen molar-refractivity contribution in [3.63, 3.8) is 0 Å². The summed E-state index contributed by atoms with van der Waals surface area (Å²) in [7, 11) is 1.62. The van der Waals surface area contributed by atoms with Crippen LogP contribution in [0.1, 0.15) is 24.8 Å². The van der Waals surface area contributed by atoms with Gasteiger partial charge in [-0.05, 0) is 53.4 Å². The van der Waals surface area contributed by atoms with E-state index in [4.69, 9.17) is 4.74 Å². The van der Waals surface area contributed by atoms with Crippen LogP contribution in [0, 0.1) is 0 Å². The second kappa shape index (κ2) is 8.31. The van der Waals surface area contributed by atoms with Gasteiger partial charge in [-0.15, -0.1) is 0 Å². The van der Waals surface area contributed by atoms with E-state index >= 15 is 0 Å². The largest absolute Gasteiger partial charge is 0.511 e. The molecule has 0 atom stereocenters. The van der Waals surface area contributed by atoms with Crippen molar-refractivity contribution in [2.75, 3.05) is 7.11 Å². The van der Waals surface area contributed by atoms with Gasteiger partial charge in [-0.1, -0.05) is 42.5 Å². The van der Waals surface area contributed by atoms with Gasteiger partial charge in [0, 0.05) is 12.8 Å². The van der Waals surface area contributed by atoms with Crippen molar-refractivity contribution in [2.45, 2.75) is 25.7 Å². The molecule has 29 heavy (non-hydrogen) atoms. The first-order valence-corrected chi connectivity index (χ1v) is 9.79. The number of ketones is 1. The molecular formula is C25H23NO3. The van der Waals surface area contributed by atoms with Crippen LogP contribution in [0.15, 0.2) is 83.1 Å². The van der Waals surface area contributed by atoms with Gasteiger partial charge < -0.3 is 9.84 Å². The summed E-state index contributed by atoms with van der Waals surface area (Å²) < 4.78 is 5.19. The highest BCUT2D eigenvalue weighted by Crippen LogP contribution is 2.28. The van der Waals surface area contributed by atoms with E-state index in [2.05, 4.69) is 4.99 Å². The first-order chi connectivity index (χ1) is 14.2. The quantitative estimate of drug-likeness (QED) is 0.461. The highest BCUT2D eigenvalue weighted by atomic mass is 16.5. The van der Waals surface area contributed by atoms with Gasteiger partial charge in [0.25, 0.3) is 0 Å². The lowest BCUT2D eigenvalue weighted by molar-refractivity contribution is -0.115. The summed E-state index contributed by atoms with van der Waals surface area (Å²) in [6, 6.07) is 21.5. The fraction of sp³-hybridized carbons (Fsp3) is 0.200. The van der Waals surface area contributed by atoms with E-state index in [-0.39, 0.29) is 11.5 Å². The third kappa shape index (κ3) is 4.06. The Hall–Kier alpha value is -3.40. The Morgan fingerprint density at radius 1 is 1.00 bits per heavy atom. The Labute approximate surface area is 170 Å². The number of carbonyl (C=O) groups excluding carboxylic acids is 1. The average Bonchev–Trinajstić information content (AvgIpc) is 2.74. The van der Waals surface area contributed by atoms with E-state index < -0.39 is 0 Å². The molecule has 0 bridgehead atoms. The highest BCUT2D eigenvalue weighted by Gasteiger charge is 2.25. The van der Waals surface area contributed by atoms with Gasteiger partial charge in [-0.2, -0.15) is 0 Å². The van der Waals surface area contributed by atoms with Gasteiger partial charge in [0.05, 0.1) is 24.1 Å². The Morgan fingerprint density at radius 2 is 1.76 bits per heavy atom. The number of Topliss-reactive ketones (excluding diaryl/α,β-unsaturated/α-hetero) is 1. The molecule has 3 aromatic carbocycles. The van der Waals surface area contributed by atoms with Gasteiger partial charge >= 0.3 is 0 Å². The highest BCUT2D eigenvalue weighted by molar-refractivity contribution is 6.24. The van der Waals surface area contributed by atoms with Crippen molar-refractivity contribution in [3.05, 3.63) is 83.6 Å². The lowest BCUT2D eigenvalue weighted by Crippen LogP contribution is -2.21. The maximum Gasteiger partial charge on any atom is 0.168 e. The molecule has 4 rings (SSSR count). The average molecular weight is 385 g/mol. The predicted molar refractivity (Wildman–Crippen MR) is 116 cm³/mol. The normalized spacial score (nSPS) is 17.6. The summed E-state index contributed by atoms with van der Waals surface area (Å²) in [6.45, 7) is 0. The number of aliphatic imine (C=N–C) groups is 1. The number of benzene rings is 3. The first kappa shape index (κ1) is 18.9. The zero-order valence-electron chi connectivity index (χ0n) is 16.4. The number of ether oxygens (including phenoxy) is 1. The van der Waals surface area contributed by atoms with Gasteiger partial charge in [0.15, 0.2) is 5.78 Å². The van der Waals surface area contributed by atoms with Crippen LogP contribution < -0.4 is 4.74 Å². The van der Waals surface area contributed by atoms with E-state index in [9.17, 15) is 9.90 Å².